The quantitative estimate of drug-likeness (QED) is 0.423. The molecule has 3 aromatic rings. The fourth-order valence-corrected chi connectivity index (χ4v) is 3.77. The van der Waals surface area contributed by atoms with Crippen molar-refractivity contribution < 1.29 is 23.8 Å². The van der Waals surface area contributed by atoms with Crippen LogP contribution in [0, 0.1) is 0 Å². The van der Waals surface area contributed by atoms with Crippen LogP contribution in [0.25, 0.3) is 0 Å². The highest BCUT2D eigenvalue weighted by Crippen LogP contribution is 2.34. The molecule has 1 aromatic carbocycles. The second-order valence-electron chi connectivity index (χ2n) is 6.33. The van der Waals surface area contributed by atoms with E-state index in [0.717, 1.165) is 4.88 Å². The lowest BCUT2D eigenvalue weighted by Gasteiger charge is -2.25. The Labute approximate surface area is 181 Å². The van der Waals surface area contributed by atoms with E-state index >= 15 is 0 Å². The number of carbonyl (C=O) groups is 2. The predicted molar refractivity (Wildman–Crippen MR) is 112 cm³/mol. The van der Waals surface area contributed by atoms with E-state index in [4.69, 9.17) is 25.8 Å². The number of nitrogens with zero attached hydrogens (tertiary/aromatic N) is 2. The number of pyridine rings is 1. The van der Waals surface area contributed by atoms with E-state index < -0.39 is 12.6 Å². The number of carbonyl (C=O) groups excluding carboxylic acids is 2. The van der Waals surface area contributed by atoms with Crippen LogP contribution in [-0.2, 0) is 16.1 Å². The minimum Gasteiger partial charge on any atom is -0.486 e. The van der Waals surface area contributed by atoms with E-state index in [0.29, 0.717) is 36.9 Å². The van der Waals surface area contributed by atoms with Gasteiger partial charge in [-0.1, -0.05) is 17.7 Å². The van der Waals surface area contributed by atoms with Gasteiger partial charge >= 0.3 is 5.97 Å². The van der Waals surface area contributed by atoms with Crippen molar-refractivity contribution in [2.45, 2.75) is 6.54 Å². The van der Waals surface area contributed by atoms with Gasteiger partial charge in [-0.15, -0.1) is 11.3 Å². The van der Waals surface area contributed by atoms with Crippen LogP contribution in [0.4, 0.5) is 5.69 Å². The number of rotatable bonds is 6. The maximum absolute atomic E-state index is 13.0. The lowest BCUT2D eigenvalue weighted by Crippen LogP contribution is -2.34. The van der Waals surface area contributed by atoms with Crippen LogP contribution in [-0.4, -0.2) is 36.7 Å². The number of anilines is 1. The Morgan fingerprint density at radius 2 is 1.97 bits per heavy atom. The van der Waals surface area contributed by atoms with E-state index in [9.17, 15) is 9.59 Å². The minimum atomic E-state index is -0.647. The number of esters is 1. The summed E-state index contributed by atoms with van der Waals surface area (Å²) in [4.78, 5) is 31.6. The Morgan fingerprint density at radius 1 is 1.13 bits per heavy atom. The van der Waals surface area contributed by atoms with E-state index in [-0.39, 0.29) is 16.6 Å². The van der Waals surface area contributed by atoms with Crippen LogP contribution in [0.15, 0.2) is 54.0 Å². The molecule has 0 unspecified atom stereocenters. The van der Waals surface area contributed by atoms with Gasteiger partial charge in [0.25, 0.3) is 5.91 Å². The first-order valence-electron chi connectivity index (χ1n) is 9.11. The van der Waals surface area contributed by atoms with Crippen LogP contribution >= 0.6 is 22.9 Å². The number of benzene rings is 1. The number of hydrogen-bond donors (Lipinski definition) is 0. The smallest absolute Gasteiger partial charge is 0.338 e. The molecule has 1 aliphatic rings. The summed E-state index contributed by atoms with van der Waals surface area (Å²) in [6, 6.07) is 12.0. The third-order valence-electron chi connectivity index (χ3n) is 4.32. The van der Waals surface area contributed by atoms with E-state index in [1.54, 1.807) is 23.1 Å². The molecule has 3 heterocycles. The fraction of sp³-hybridized carbons (Fsp3) is 0.190. The van der Waals surface area contributed by atoms with E-state index in [1.165, 1.54) is 29.7 Å². The molecule has 30 heavy (non-hydrogen) atoms. The highest BCUT2D eigenvalue weighted by molar-refractivity contribution is 7.09. The molecule has 2 aromatic heterocycles. The first-order chi connectivity index (χ1) is 14.6. The molecule has 0 radical (unpaired) electrons. The zero-order chi connectivity index (χ0) is 20.9. The predicted octanol–water partition coefficient (Wildman–Crippen LogP) is 3.96. The average molecular weight is 445 g/mol. The van der Waals surface area contributed by atoms with Crippen LogP contribution in [0.5, 0.6) is 11.5 Å². The van der Waals surface area contributed by atoms with E-state index in [1.807, 2.05) is 17.5 Å². The molecule has 0 bridgehead atoms. The summed E-state index contributed by atoms with van der Waals surface area (Å²) < 4.78 is 16.4. The van der Waals surface area contributed by atoms with Gasteiger partial charge in [0.15, 0.2) is 18.1 Å². The van der Waals surface area contributed by atoms with Gasteiger partial charge in [0.1, 0.15) is 18.4 Å². The summed E-state index contributed by atoms with van der Waals surface area (Å²) in [5, 5.41) is 2.11. The van der Waals surface area contributed by atoms with Crippen molar-refractivity contribution >= 4 is 40.5 Å². The zero-order valence-electron chi connectivity index (χ0n) is 15.7. The molecule has 1 aliphatic heterocycles. The maximum atomic E-state index is 13.0. The maximum Gasteiger partial charge on any atom is 0.338 e. The van der Waals surface area contributed by atoms with Crippen LogP contribution in [0.2, 0.25) is 5.15 Å². The largest absolute Gasteiger partial charge is 0.486 e. The minimum absolute atomic E-state index is 0.173. The fourth-order valence-electron chi connectivity index (χ4n) is 2.90. The molecular formula is C21H17ClN2O5S. The molecule has 0 saturated heterocycles. The third-order valence-corrected chi connectivity index (χ3v) is 5.39. The highest BCUT2D eigenvalue weighted by Gasteiger charge is 2.22. The third kappa shape index (κ3) is 4.72. The summed E-state index contributed by atoms with van der Waals surface area (Å²) >= 11 is 7.34. The van der Waals surface area contributed by atoms with Crippen molar-refractivity contribution in [1.82, 2.24) is 4.98 Å². The van der Waals surface area contributed by atoms with Gasteiger partial charge < -0.3 is 19.1 Å². The highest BCUT2D eigenvalue weighted by atomic mass is 35.5. The molecule has 7 nitrogen and oxygen atoms in total. The van der Waals surface area contributed by atoms with Gasteiger partial charge in [0, 0.05) is 22.8 Å². The van der Waals surface area contributed by atoms with Crippen molar-refractivity contribution in [3.8, 4) is 11.5 Å². The Kier molecular flexibility index (Phi) is 6.15. The summed E-state index contributed by atoms with van der Waals surface area (Å²) in [6.07, 6.45) is 1.40. The molecule has 9 heteroatoms. The van der Waals surface area contributed by atoms with Gasteiger partial charge in [-0.25, -0.2) is 9.78 Å². The Balaban J connectivity index is 1.52. The Morgan fingerprint density at radius 3 is 2.73 bits per heavy atom. The molecule has 0 fully saturated rings. The van der Waals surface area contributed by atoms with Crippen LogP contribution < -0.4 is 14.4 Å². The standard InChI is InChI=1S/C21H17ClN2O5S/c22-19-10-14(5-6-23-19)21(26)29-13-20(25)24(12-16-2-1-9-30-16)15-3-4-17-18(11-15)28-8-7-27-17/h1-6,9-11H,7-8,12-13H2. The lowest BCUT2D eigenvalue weighted by atomic mass is 10.2. The van der Waals surface area contributed by atoms with Gasteiger partial charge in [-0.2, -0.15) is 0 Å². The normalized spacial score (nSPS) is 12.3. The van der Waals surface area contributed by atoms with Gasteiger partial charge in [0.2, 0.25) is 0 Å². The number of fused-ring (bicyclic) bond motifs is 1. The summed E-state index contributed by atoms with van der Waals surface area (Å²) in [6.45, 7) is 0.855. The SMILES string of the molecule is O=C(OCC(=O)N(Cc1cccs1)c1ccc2c(c1)OCCO2)c1ccnc(Cl)c1. The molecule has 0 N–H and O–H groups in total. The molecule has 4 rings (SSSR count). The molecule has 0 aliphatic carbocycles. The number of ether oxygens (including phenoxy) is 3. The first kappa shape index (κ1) is 20.2. The monoisotopic (exact) mass is 444 g/mol. The average Bonchev–Trinajstić information content (AvgIpc) is 3.28. The van der Waals surface area contributed by atoms with Crippen molar-refractivity contribution in [3.63, 3.8) is 0 Å². The molecular weight excluding hydrogens is 428 g/mol. The van der Waals surface area contributed by atoms with E-state index in [2.05, 4.69) is 4.98 Å². The molecule has 154 valence electrons. The topological polar surface area (TPSA) is 78.0 Å². The Bertz CT molecular complexity index is 1060. The second kappa shape index (κ2) is 9.15. The lowest BCUT2D eigenvalue weighted by molar-refractivity contribution is -0.121. The van der Waals surface area contributed by atoms with Crippen molar-refractivity contribution in [2.75, 3.05) is 24.7 Å². The summed E-state index contributed by atoms with van der Waals surface area (Å²) in [5.74, 6) is 0.195. The zero-order valence-corrected chi connectivity index (χ0v) is 17.3. The van der Waals surface area contributed by atoms with Crippen molar-refractivity contribution in [1.29, 1.82) is 0 Å². The van der Waals surface area contributed by atoms with Crippen molar-refractivity contribution in [3.05, 3.63) is 69.6 Å². The molecule has 1 amide bonds. The number of halogens is 1. The Hall–Kier alpha value is -3.10. The van der Waals surface area contributed by atoms with Gasteiger partial charge in [-0.05, 0) is 35.7 Å². The number of thiophene rings is 1. The van der Waals surface area contributed by atoms with Crippen molar-refractivity contribution in [2.24, 2.45) is 0 Å². The molecule has 0 atom stereocenters. The molecule has 0 saturated carbocycles. The summed E-state index contributed by atoms with van der Waals surface area (Å²) in [7, 11) is 0. The number of aromatic nitrogens is 1. The van der Waals surface area contributed by atoms with Crippen LogP contribution in [0.3, 0.4) is 0 Å². The van der Waals surface area contributed by atoms with Gasteiger partial charge in [-0.3, -0.25) is 4.79 Å². The molecule has 0 spiro atoms. The number of amides is 1. The first-order valence-corrected chi connectivity index (χ1v) is 10.4. The van der Waals surface area contributed by atoms with Gasteiger partial charge in [0.05, 0.1) is 12.1 Å². The van der Waals surface area contributed by atoms with Crippen LogP contribution in [0.1, 0.15) is 15.2 Å². The number of hydrogen-bond acceptors (Lipinski definition) is 7. The summed E-state index contributed by atoms with van der Waals surface area (Å²) in [5.41, 5.74) is 0.854. The second-order valence-corrected chi connectivity index (χ2v) is 7.75.